The van der Waals surface area contributed by atoms with E-state index in [2.05, 4.69) is 10.6 Å². The fourth-order valence-electron chi connectivity index (χ4n) is 4.21. The molecule has 1 aromatic rings. The number of benzene rings is 1. The van der Waals surface area contributed by atoms with E-state index in [1.54, 1.807) is 18.2 Å². The Kier molecular flexibility index (Phi) is 6.41. The minimum atomic E-state index is -0.261. The maximum atomic E-state index is 13.1. The molecule has 5 nitrogen and oxygen atoms in total. The number of carbonyl (C=O) groups is 2. The van der Waals surface area contributed by atoms with Gasteiger partial charge in [0.2, 0.25) is 0 Å². The summed E-state index contributed by atoms with van der Waals surface area (Å²) in [5, 5.41) is 5.89. The molecule has 0 bridgehead atoms. The Balaban J connectivity index is 1.70. The van der Waals surface area contributed by atoms with Crippen molar-refractivity contribution in [3.05, 3.63) is 28.8 Å². The van der Waals surface area contributed by atoms with E-state index in [-0.39, 0.29) is 11.9 Å². The topological polar surface area (TPSA) is 61.4 Å². The highest BCUT2D eigenvalue weighted by Gasteiger charge is 2.36. The van der Waals surface area contributed by atoms with Crippen LogP contribution in [-0.2, 0) is 0 Å². The second-order valence-electron chi connectivity index (χ2n) is 7.33. The smallest absolute Gasteiger partial charge is 0.319 e. The van der Waals surface area contributed by atoms with Crippen LogP contribution < -0.4 is 10.6 Å². The van der Waals surface area contributed by atoms with Crippen molar-refractivity contribution < 1.29 is 9.59 Å². The first-order valence-electron chi connectivity index (χ1n) is 9.75. The third kappa shape index (κ3) is 4.32. The zero-order valence-electron chi connectivity index (χ0n) is 15.4. The molecule has 6 heteroatoms. The fraction of sp³-hybridized carbons (Fsp3) is 0.600. The number of amides is 3. The van der Waals surface area contributed by atoms with Crippen molar-refractivity contribution in [3.63, 3.8) is 0 Å². The SMILES string of the molecule is CCCNC(=O)Nc1ccc(C(=O)N2CCC[C@H]3CCCC[C@H]32)c(Cl)c1. The van der Waals surface area contributed by atoms with Gasteiger partial charge in [-0.05, 0) is 56.2 Å². The lowest BCUT2D eigenvalue weighted by molar-refractivity contribution is 0.0391. The number of rotatable bonds is 4. The van der Waals surface area contributed by atoms with Gasteiger partial charge in [-0.25, -0.2) is 4.79 Å². The number of nitrogens with zero attached hydrogens (tertiary/aromatic N) is 1. The molecule has 142 valence electrons. The molecule has 0 unspecified atom stereocenters. The van der Waals surface area contributed by atoms with Crippen LogP contribution in [0.4, 0.5) is 10.5 Å². The third-order valence-electron chi connectivity index (χ3n) is 5.50. The average molecular weight is 378 g/mol. The number of carbonyl (C=O) groups excluding carboxylic acids is 2. The van der Waals surface area contributed by atoms with Crippen LogP contribution in [0, 0.1) is 5.92 Å². The van der Waals surface area contributed by atoms with Gasteiger partial charge in [0.25, 0.3) is 5.91 Å². The van der Waals surface area contributed by atoms with Gasteiger partial charge < -0.3 is 15.5 Å². The monoisotopic (exact) mass is 377 g/mol. The summed E-state index contributed by atoms with van der Waals surface area (Å²) in [6, 6.07) is 5.23. The van der Waals surface area contributed by atoms with E-state index in [4.69, 9.17) is 11.6 Å². The number of likely N-dealkylation sites (tertiary alicyclic amines) is 1. The molecule has 2 aliphatic rings. The van der Waals surface area contributed by atoms with E-state index in [0.717, 1.165) is 25.8 Å². The van der Waals surface area contributed by atoms with Crippen molar-refractivity contribution in [1.82, 2.24) is 10.2 Å². The van der Waals surface area contributed by atoms with E-state index in [9.17, 15) is 9.59 Å². The van der Waals surface area contributed by atoms with Crippen LogP contribution in [0.2, 0.25) is 5.02 Å². The maximum Gasteiger partial charge on any atom is 0.319 e. The molecule has 1 heterocycles. The highest BCUT2D eigenvalue weighted by molar-refractivity contribution is 6.34. The summed E-state index contributed by atoms with van der Waals surface area (Å²) < 4.78 is 0. The van der Waals surface area contributed by atoms with Gasteiger partial charge in [-0.15, -0.1) is 0 Å². The van der Waals surface area contributed by atoms with E-state index in [1.165, 1.54) is 25.7 Å². The van der Waals surface area contributed by atoms with Crippen molar-refractivity contribution in [2.75, 3.05) is 18.4 Å². The molecule has 2 atom stereocenters. The number of piperidine rings is 1. The molecule has 2 N–H and O–H groups in total. The van der Waals surface area contributed by atoms with E-state index >= 15 is 0 Å². The molecule has 1 aromatic carbocycles. The Hall–Kier alpha value is -1.75. The van der Waals surface area contributed by atoms with Crippen LogP contribution >= 0.6 is 11.6 Å². The number of halogens is 1. The lowest BCUT2D eigenvalue weighted by Gasteiger charge is -2.44. The molecular formula is C20H28ClN3O2. The van der Waals surface area contributed by atoms with Gasteiger partial charge in [-0.3, -0.25) is 4.79 Å². The minimum Gasteiger partial charge on any atom is -0.338 e. The van der Waals surface area contributed by atoms with E-state index in [1.807, 2.05) is 11.8 Å². The molecule has 3 rings (SSSR count). The Morgan fingerprint density at radius 2 is 1.96 bits per heavy atom. The molecule has 0 radical (unpaired) electrons. The molecule has 26 heavy (non-hydrogen) atoms. The van der Waals surface area contributed by atoms with Crippen LogP contribution in [0.25, 0.3) is 0 Å². The maximum absolute atomic E-state index is 13.1. The zero-order chi connectivity index (χ0) is 18.5. The zero-order valence-corrected chi connectivity index (χ0v) is 16.1. The van der Waals surface area contributed by atoms with Crippen LogP contribution in [0.1, 0.15) is 62.2 Å². The predicted octanol–water partition coefficient (Wildman–Crippen LogP) is 4.67. The average Bonchev–Trinajstić information content (AvgIpc) is 2.65. The number of anilines is 1. The number of urea groups is 1. The van der Waals surface area contributed by atoms with Crippen molar-refractivity contribution in [3.8, 4) is 0 Å². The Morgan fingerprint density at radius 3 is 2.73 bits per heavy atom. The van der Waals surface area contributed by atoms with Gasteiger partial charge in [0, 0.05) is 24.8 Å². The summed E-state index contributed by atoms with van der Waals surface area (Å²) in [4.78, 5) is 26.9. The molecule has 0 aromatic heterocycles. The number of fused-ring (bicyclic) bond motifs is 1. The van der Waals surface area contributed by atoms with Gasteiger partial charge in [-0.1, -0.05) is 31.4 Å². The second-order valence-corrected chi connectivity index (χ2v) is 7.74. The first-order chi connectivity index (χ1) is 12.6. The van der Waals surface area contributed by atoms with Crippen molar-refractivity contribution >= 4 is 29.2 Å². The summed E-state index contributed by atoms with van der Waals surface area (Å²) >= 11 is 6.39. The summed E-state index contributed by atoms with van der Waals surface area (Å²) in [5.41, 5.74) is 1.12. The van der Waals surface area contributed by atoms with Gasteiger partial charge in [0.1, 0.15) is 0 Å². The highest BCUT2D eigenvalue weighted by Crippen LogP contribution is 2.36. The lowest BCUT2D eigenvalue weighted by Crippen LogP contribution is -2.49. The molecule has 2 fully saturated rings. The van der Waals surface area contributed by atoms with Crippen molar-refractivity contribution in [2.24, 2.45) is 5.92 Å². The molecule has 3 amide bonds. The molecule has 1 aliphatic carbocycles. The van der Waals surface area contributed by atoms with E-state index in [0.29, 0.717) is 34.8 Å². The molecule has 1 saturated carbocycles. The molecule has 0 spiro atoms. The first-order valence-corrected chi connectivity index (χ1v) is 10.1. The van der Waals surface area contributed by atoms with Crippen LogP contribution in [0.15, 0.2) is 18.2 Å². The Bertz CT molecular complexity index is 662. The largest absolute Gasteiger partial charge is 0.338 e. The molecule has 1 saturated heterocycles. The van der Waals surface area contributed by atoms with Gasteiger partial charge in [0.15, 0.2) is 0 Å². The third-order valence-corrected chi connectivity index (χ3v) is 5.81. The van der Waals surface area contributed by atoms with E-state index < -0.39 is 0 Å². The summed E-state index contributed by atoms with van der Waals surface area (Å²) in [5.74, 6) is 0.664. The van der Waals surface area contributed by atoms with Gasteiger partial charge >= 0.3 is 6.03 Å². The number of hydrogen-bond acceptors (Lipinski definition) is 2. The standard InChI is InChI=1S/C20H28ClN3O2/c1-2-11-22-20(26)23-15-9-10-16(17(21)13-15)19(25)24-12-5-7-14-6-3-4-8-18(14)24/h9-10,13-14,18H,2-8,11-12H2,1H3,(H2,22,23,26)/t14-,18-/m1/s1. The normalized spacial score (nSPS) is 22.5. The highest BCUT2D eigenvalue weighted by atomic mass is 35.5. The first kappa shape index (κ1) is 19.0. The molecule has 1 aliphatic heterocycles. The lowest BCUT2D eigenvalue weighted by atomic mass is 9.78. The van der Waals surface area contributed by atoms with Crippen molar-refractivity contribution in [1.29, 1.82) is 0 Å². The van der Waals surface area contributed by atoms with Gasteiger partial charge in [0.05, 0.1) is 10.6 Å². The number of nitrogens with one attached hydrogen (secondary N) is 2. The Morgan fingerprint density at radius 1 is 1.19 bits per heavy atom. The Labute approximate surface area is 160 Å². The van der Waals surface area contributed by atoms with Crippen LogP contribution in [0.5, 0.6) is 0 Å². The fourth-order valence-corrected chi connectivity index (χ4v) is 4.47. The van der Waals surface area contributed by atoms with Crippen molar-refractivity contribution in [2.45, 2.75) is 57.9 Å². The number of hydrogen-bond donors (Lipinski definition) is 2. The second kappa shape index (κ2) is 8.76. The van der Waals surface area contributed by atoms with Crippen LogP contribution in [-0.4, -0.2) is 36.0 Å². The quantitative estimate of drug-likeness (QED) is 0.801. The van der Waals surface area contributed by atoms with Gasteiger partial charge in [-0.2, -0.15) is 0 Å². The summed E-state index contributed by atoms with van der Waals surface area (Å²) in [7, 11) is 0. The predicted molar refractivity (Wildman–Crippen MR) is 105 cm³/mol. The molecular weight excluding hydrogens is 350 g/mol. The summed E-state index contributed by atoms with van der Waals surface area (Å²) in [6.07, 6.45) is 8.00. The summed E-state index contributed by atoms with van der Waals surface area (Å²) in [6.45, 7) is 3.43. The van der Waals surface area contributed by atoms with Crippen LogP contribution in [0.3, 0.4) is 0 Å². The minimum absolute atomic E-state index is 0.0218.